The van der Waals surface area contributed by atoms with Gasteiger partial charge in [0.25, 0.3) is 0 Å². The van der Waals surface area contributed by atoms with E-state index in [1.54, 1.807) is 7.11 Å². The number of aromatic nitrogens is 1. The molecule has 0 aliphatic heterocycles. The van der Waals surface area contributed by atoms with Gasteiger partial charge in [0, 0.05) is 22.5 Å². The molecular weight excluding hydrogens is 234 g/mol. The first-order valence-corrected chi connectivity index (χ1v) is 6.99. The molecule has 0 fully saturated rings. The SMILES string of the molecule is COc1ccc2[nH]c3c(c2c1)C(C)(C)C1C=CC3C1. The van der Waals surface area contributed by atoms with Gasteiger partial charge < -0.3 is 9.72 Å². The summed E-state index contributed by atoms with van der Waals surface area (Å²) in [7, 11) is 1.73. The molecule has 0 saturated heterocycles. The van der Waals surface area contributed by atoms with E-state index in [0.29, 0.717) is 11.8 Å². The normalized spacial score (nSPS) is 26.7. The number of nitrogens with one attached hydrogen (secondary N) is 1. The van der Waals surface area contributed by atoms with Crippen LogP contribution in [0.1, 0.15) is 37.4 Å². The fraction of sp³-hybridized carbons (Fsp3) is 0.412. The zero-order valence-corrected chi connectivity index (χ0v) is 11.7. The Morgan fingerprint density at radius 3 is 2.89 bits per heavy atom. The summed E-state index contributed by atoms with van der Waals surface area (Å²) in [6.07, 6.45) is 6.04. The molecule has 1 aromatic carbocycles. The highest BCUT2D eigenvalue weighted by Crippen LogP contribution is 2.53. The van der Waals surface area contributed by atoms with Crippen LogP contribution in [0.25, 0.3) is 10.9 Å². The lowest BCUT2D eigenvalue weighted by molar-refractivity contribution is 0.343. The van der Waals surface area contributed by atoms with Crippen LogP contribution in [0.2, 0.25) is 0 Å². The summed E-state index contributed by atoms with van der Waals surface area (Å²) in [5, 5.41) is 1.33. The molecule has 1 aromatic heterocycles. The maximum atomic E-state index is 5.39. The average Bonchev–Trinajstić information content (AvgIpc) is 3.00. The van der Waals surface area contributed by atoms with Crippen molar-refractivity contribution < 1.29 is 4.74 Å². The Balaban J connectivity index is 2.06. The highest BCUT2D eigenvalue weighted by molar-refractivity contribution is 5.88. The largest absolute Gasteiger partial charge is 0.497 e. The molecule has 1 N–H and O–H groups in total. The molecule has 2 nitrogen and oxygen atoms in total. The van der Waals surface area contributed by atoms with Crippen molar-refractivity contribution >= 4 is 10.9 Å². The molecule has 2 aliphatic carbocycles. The molecular formula is C17H19NO. The molecule has 0 spiro atoms. The number of ether oxygens (including phenoxy) is 1. The second-order valence-electron chi connectivity index (χ2n) is 6.38. The van der Waals surface area contributed by atoms with E-state index in [-0.39, 0.29) is 5.41 Å². The Bertz CT molecular complexity index is 693. The van der Waals surface area contributed by atoms with Crippen molar-refractivity contribution in [1.82, 2.24) is 4.98 Å². The van der Waals surface area contributed by atoms with Crippen LogP contribution in [-0.4, -0.2) is 12.1 Å². The molecule has 2 heteroatoms. The first-order chi connectivity index (χ1) is 9.11. The van der Waals surface area contributed by atoms with Gasteiger partial charge in [0.15, 0.2) is 0 Å². The van der Waals surface area contributed by atoms with Gasteiger partial charge in [-0.15, -0.1) is 0 Å². The van der Waals surface area contributed by atoms with E-state index in [9.17, 15) is 0 Å². The van der Waals surface area contributed by atoms with E-state index in [0.717, 1.165) is 5.75 Å². The lowest BCUT2D eigenvalue weighted by Gasteiger charge is -2.37. The molecule has 4 rings (SSSR count). The highest BCUT2D eigenvalue weighted by Gasteiger charge is 2.43. The van der Waals surface area contributed by atoms with Crippen molar-refractivity contribution in [2.75, 3.05) is 7.11 Å². The third-order valence-electron chi connectivity index (χ3n) is 5.06. The smallest absolute Gasteiger partial charge is 0.119 e. The minimum absolute atomic E-state index is 0.198. The van der Waals surface area contributed by atoms with Crippen LogP contribution in [0.3, 0.4) is 0 Å². The number of hydrogen-bond acceptors (Lipinski definition) is 1. The molecule has 2 unspecified atom stereocenters. The van der Waals surface area contributed by atoms with E-state index < -0.39 is 0 Å². The molecule has 0 saturated carbocycles. The van der Waals surface area contributed by atoms with Gasteiger partial charge in [-0.1, -0.05) is 26.0 Å². The van der Waals surface area contributed by atoms with Crippen molar-refractivity contribution in [3.8, 4) is 5.75 Å². The van der Waals surface area contributed by atoms with Crippen molar-refractivity contribution in [3.05, 3.63) is 41.6 Å². The maximum Gasteiger partial charge on any atom is 0.119 e. The highest BCUT2D eigenvalue weighted by atomic mass is 16.5. The topological polar surface area (TPSA) is 25.0 Å². The van der Waals surface area contributed by atoms with Gasteiger partial charge in [0.2, 0.25) is 0 Å². The van der Waals surface area contributed by atoms with Gasteiger partial charge in [-0.2, -0.15) is 0 Å². The summed E-state index contributed by atoms with van der Waals surface area (Å²) in [5.41, 5.74) is 4.34. The Morgan fingerprint density at radius 2 is 2.11 bits per heavy atom. The van der Waals surface area contributed by atoms with E-state index in [2.05, 4.69) is 43.1 Å². The second kappa shape index (κ2) is 3.44. The summed E-state index contributed by atoms with van der Waals surface area (Å²) in [4.78, 5) is 3.64. The molecule has 1 heterocycles. The first-order valence-electron chi connectivity index (χ1n) is 6.99. The van der Waals surface area contributed by atoms with Gasteiger partial charge >= 0.3 is 0 Å². The predicted molar refractivity (Wildman–Crippen MR) is 77.9 cm³/mol. The fourth-order valence-electron chi connectivity index (χ4n) is 3.92. The fourth-order valence-corrected chi connectivity index (χ4v) is 3.92. The minimum Gasteiger partial charge on any atom is -0.497 e. The van der Waals surface area contributed by atoms with Crippen LogP contribution >= 0.6 is 0 Å². The number of fused-ring (bicyclic) bond motifs is 6. The third-order valence-corrected chi connectivity index (χ3v) is 5.06. The average molecular weight is 253 g/mol. The summed E-state index contributed by atoms with van der Waals surface area (Å²) < 4.78 is 5.39. The number of benzene rings is 1. The number of rotatable bonds is 1. The van der Waals surface area contributed by atoms with E-state index in [4.69, 9.17) is 4.74 Å². The molecule has 19 heavy (non-hydrogen) atoms. The number of H-pyrrole nitrogens is 1. The number of allylic oxidation sites excluding steroid dienone is 2. The molecule has 2 atom stereocenters. The van der Waals surface area contributed by atoms with Gasteiger partial charge in [0.05, 0.1) is 7.11 Å². The summed E-state index contributed by atoms with van der Waals surface area (Å²) in [6, 6.07) is 6.35. The van der Waals surface area contributed by atoms with Crippen LogP contribution in [0.4, 0.5) is 0 Å². The van der Waals surface area contributed by atoms with Crippen molar-refractivity contribution in [2.24, 2.45) is 5.92 Å². The lowest BCUT2D eigenvalue weighted by Crippen LogP contribution is -2.31. The molecule has 0 amide bonds. The van der Waals surface area contributed by atoms with Gasteiger partial charge in [-0.05, 0) is 41.5 Å². The predicted octanol–water partition coefficient (Wildman–Crippen LogP) is 4.13. The maximum absolute atomic E-state index is 5.39. The molecule has 0 radical (unpaired) electrons. The van der Waals surface area contributed by atoms with Crippen LogP contribution in [0.5, 0.6) is 5.75 Å². The monoisotopic (exact) mass is 253 g/mol. The quantitative estimate of drug-likeness (QED) is 0.759. The molecule has 2 aromatic rings. The van der Waals surface area contributed by atoms with E-state index in [1.165, 1.54) is 28.6 Å². The van der Waals surface area contributed by atoms with Crippen LogP contribution in [0, 0.1) is 5.92 Å². The van der Waals surface area contributed by atoms with E-state index in [1.807, 2.05) is 6.07 Å². The molecule has 98 valence electrons. The Hall–Kier alpha value is -1.70. The number of aromatic amines is 1. The second-order valence-corrected chi connectivity index (χ2v) is 6.38. The third kappa shape index (κ3) is 1.32. The molecule has 2 bridgehead atoms. The molecule has 2 aliphatic rings. The Kier molecular flexibility index (Phi) is 2.02. The summed E-state index contributed by atoms with van der Waals surface area (Å²) >= 11 is 0. The minimum atomic E-state index is 0.198. The Labute approximate surface area is 113 Å². The van der Waals surface area contributed by atoms with Crippen molar-refractivity contribution in [2.45, 2.75) is 31.6 Å². The number of methoxy groups -OCH3 is 1. The first kappa shape index (κ1) is 11.2. The Morgan fingerprint density at radius 1 is 1.26 bits per heavy atom. The van der Waals surface area contributed by atoms with Crippen molar-refractivity contribution in [3.63, 3.8) is 0 Å². The lowest BCUT2D eigenvalue weighted by atomic mass is 9.67. The van der Waals surface area contributed by atoms with Crippen LogP contribution < -0.4 is 4.74 Å². The summed E-state index contributed by atoms with van der Waals surface area (Å²) in [6.45, 7) is 4.74. The summed E-state index contributed by atoms with van der Waals surface area (Å²) in [5.74, 6) is 2.18. The standard InChI is InChI=1S/C17H19NO/c1-17(2)11-5-4-10(8-11)16-15(17)13-9-12(19-3)6-7-14(13)18-16/h4-7,9-11,18H,8H2,1-3H3. The zero-order valence-electron chi connectivity index (χ0n) is 11.7. The van der Waals surface area contributed by atoms with Crippen LogP contribution in [0.15, 0.2) is 30.4 Å². The van der Waals surface area contributed by atoms with E-state index >= 15 is 0 Å². The van der Waals surface area contributed by atoms with Crippen LogP contribution in [-0.2, 0) is 5.41 Å². The van der Waals surface area contributed by atoms with Gasteiger partial charge in [0.1, 0.15) is 5.75 Å². The van der Waals surface area contributed by atoms with Crippen molar-refractivity contribution in [1.29, 1.82) is 0 Å². The van der Waals surface area contributed by atoms with Gasteiger partial charge in [-0.25, -0.2) is 0 Å². The zero-order chi connectivity index (χ0) is 13.2. The number of hydrogen-bond donors (Lipinski definition) is 1. The van der Waals surface area contributed by atoms with Gasteiger partial charge in [-0.3, -0.25) is 0 Å².